The lowest BCUT2D eigenvalue weighted by Crippen LogP contribution is -2.22. The smallest absolute Gasteiger partial charge is 0.252 e. The van der Waals surface area contributed by atoms with Gasteiger partial charge >= 0.3 is 0 Å². The van der Waals surface area contributed by atoms with Crippen molar-refractivity contribution < 1.29 is 9.59 Å². The first kappa shape index (κ1) is 13.7. The van der Waals surface area contributed by atoms with Crippen LogP contribution in [0.4, 0.5) is 11.4 Å². The Hall–Kier alpha value is -2.69. The zero-order chi connectivity index (χ0) is 14.7. The molecule has 1 aliphatic carbocycles. The van der Waals surface area contributed by atoms with Gasteiger partial charge in [-0.3, -0.25) is 9.59 Å². The number of ketones is 1. The second kappa shape index (κ2) is 5.52. The van der Waals surface area contributed by atoms with Crippen LogP contribution < -0.4 is 10.6 Å². The van der Waals surface area contributed by atoms with Crippen molar-refractivity contribution in [1.29, 1.82) is 0 Å². The first-order chi connectivity index (χ1) is 9.47. The molecule has 0 heterocycles. The summed E-state index contributed by atoms with van der Waals surface area (Å²) in [5.74, 6) is -1.13. The molecule has 2 N–H and O–H groups in total. The van der Waals surface area contributed by atoms with Crippen LogP contribution in [0.1, 0.15) is 0 Å². The standard InChI is InChI=1S/C15H15N3O2/c1-18(2)12-6-3-10(4-7-12)17-11-5-8-14(19)13(9-11)15(16)20/h3-9H,1-2H3,(H2,16,20). The Morgan fingerprint density at radius 1 is 1.15 bits per heavy atom. The highest BCUT2D eigenvalue weighted by atomic mass is 16.2. The molecule has 0 spiro atoms. The first-order valence-corrected chi connectivity index (χ1v) is 6.07. The molecule has 0 aromatic heterocycles. The molecular formula is C15H15N3O2. The summed E-state index contributed by atoms with van der Waals surface area (Å²) in [4.78, 5) is 28.9. The monoisotopic (exact) mass is 269 g/mol. The largest absolute Gasteiger partial charge is 0.378 e. The third-order valence-corrected chi connectivity index (χ3v) is 2.85. The van der Waals surface area contributed by atoms with E-state index in [4.69, 9.17) is 5.73 Å². The Balaban J connectivity index is 2.29. The summed E-state index contributed by atoms with van der Waals surface area (Å²) in [6.45, 7) is 0. The normalized spacial score (nSPS) is 16.2. The molecule has 0 aliphatic heterocycles. The average molecular weight is 269 g/mol. The van der Waals surface area contributed by atoms with Gasteiger partial charge in [-0.15, -0.1) is 0 Å². The molecule has 1 aromatic carbocycles. The number of nitrogens with zero attached hydrogens (tertiary/aromatic N) is 2. The zero-order valence-corrected chi connectivity index (χ0v) is 11.3. The highest BCUT2D eigenvalue weighted by Crippen LogP contribution is 2.19. The third kappa shape index (κ3) is 3.00. The topological polar surface area (TPSA) is 75.8 Å². The van der Waals surface area contributed by atoms with E-state index in [-0.39, 0.29) is 11.4 Å². The molecule has 1 aromatic rings. The fraction of sp³-hybridized carbons (Fsp3) is 0.133. The molecule has 2 rings (SSSR count). The van der Waals surface area contributed by atoms with E-state index in [1.807, 2.05) is 43.3 Å². The molecular weight excluding hydrogens is 254 g/mol. The molecule has 0 fully saturated rings. The van der Waals surface area contributed by atoms with Gasteiger partial charge in [0.25, 0.3) is 5.91 Å². The lowest BCUT2D eigenvalue weighted by molar-refractivity contribution is -0.118. The van der Waals surface area contributed by atoms with Crippen LogP contribution in [-0.4, -0.2) is 31.5 Å². The van der Waals surface area contributed by atoms with Gasteiger partial charge < -0.3 is 10.6 Å². The minimum absolute atomic E-state index is 0.0452. The van der Waals surface area contributed by atoms with Crippen molar-refractivity contribution >= 4 is 28.8 Å². The fourth-order valence-electron chi connectivity index (χ4n) is 1.75. The summed E-state index contributed by atoms with van der Waals surface area (Å²) in [5.41, 5.74) is 7.43. The van der Waals surface area contributed by atoms with Crippen LogP contribution in [0.2, 0.25) is 0 Å². The summed E-state index contributed by atoms with van der Waals surface area (Å²) in [5, 5.41) is 0. The van der Waals surface area contributed by atoms with Gasteiger partial charge in [-0.25, -0.2) is 4.99 Å². The number of rotatable bonds is 3. The van der Waals surface area contributed by atoms with Gasteiger partial charge in [0, 0.05) is 19.8 Å². The maximum absolute atomic E-state index is 11.4. The summed E-state index contributed by atoms with van der Waals surface area (Å²) in [7, 11) is 3.91. The van der Waals surface area contributed by atoms with Gasteiger partial charge in [0.05, 0.1) is 17.0 Å². The highest BCUT2D eigenvalue weighted by Gasteiger charge is 2.16. The summed E-state index contributed by atoms with van der Waals surface area (Å²) < 4.78 is 0. The van der Waals surface area contributed by atoms with E-state index < -0.39 is 5.91 Å². The lowest BCUT2D eigenvalue weighted by Gasteiger charge is -2.12. The van der Waals surface area contributed by atoms with Crippen molar-refractivity contribution in [2.75, 3.05) is 19.0 Å². The fourth-order valence-corrected chi connectivity index (χ4v) is 1.75. The van der Waals surface area contributed by atoms with Crippen LogP contribution in [-0.2, 0) is 9.59 Å². The van der Waals surface area contributed by atoms with E-state index in [0.29, 0.717) is 5.71 Å². The van der Waals surface area contributed by atoms with Crippen LogP contribution in [0, 0.1) is 0 Å². The molecule has 1 aliphatic rings. The van der Waals surface area contributed by atoms with Crippen LogP contribution in [0.15, 0.2) is 53.1 Å². The van der Waals surface area contributed by atoms with Gasteiger partial charge in [0.15, 0.2) is 5.78 Å². The van der Waals surface area contributed by atoms with Crippen LogP contribution in [0.3, 0.4) is 0 Å². The van der Waals surface area contributed by atoms with E-state index in [1.165, 1.54) is 12.2 Å². The van der Waals surface area contributed by atoms with E-state index >= 15 is 0 Å². The van der Waals surface area contributed by atoms with Crippen LogP contribution >= 0.6 is 0 Å². The van der Waals surface area contributed by atoms with Crippen molar-refractivity contribution in [3.63, 3.8) is 0 Å². The first-order valence-electron chi connectivity index (χ1n) is 6.07. The lowest BCUT2D eigenvalue weighted by atomic mass is 10.0. The minimum atomic E-state index is -0.741. The second-order valence-corrected chi connectivity index (χ2v) is 4.57. The Morgan fingerprint density at radius 3 is 2.35 bits per heavy atom. The van der Waals surface area contributed by atoms with Crippen molar-refractivity contribution in [1.82, 2.24) is 0 Å². The zero-order valence-electron chi connectivity index (χ0n) is 11.3. The predicted molar refractivity (Wildman–Crippen MR) is 79.3 cm³/mol. The quantitative estimate of drug-likeness (QED) is 0.665. The van der Waals surface area contributed by atoms with Crippen molar-refractivity contribution in [3.8, 4) is 0 Å². The van der Waals surface area contributed by atoms with Crippen molar-refractivity contribution in [2.45, 2.75) is 0 Å². The molecule has 0 saturated carbocycles. The number of carbonyl (C=O) groups is 2. The molecule has 102 valence electrons. The molecule has 1 amide bonds. The number of hydrogen-bond acceptors (Lipinski definition) is 4. The van der Waals surface area contributed by atoms with Crippen LogP contribution in [0.5, 0.6) is 0 Å². The van der Waals surface area contributed by atoms with Crippen molar-refractivity contribution in [2.24, 2.45) is 10.7 Å². The maximum Gasteiger partial charge on any atom is 0.252 e. The van der Waals surface area contributed by atoms with E-state index in [0.717, 1.165) is 11.4 Å². The van der Waals surface area contributed by atoms with Gasteiger partial charge in [0.2, 0.25) is 0 Å². The Morgan fingerprint density at radius 2 is 1.80 bits per heavy atom. The van der Waals surface area contributed by atoms with Crippen LogP contribution in [0.25, 0.3) is 0 Å². The molecule has 20 heavy (non-hydrogen) atoms. The van der Waals surface area contributed by atoms with E-state index in [9.17, 15) is 9.59 Å². The Labute approximate surface area is 117 Å². The number of anilines is 1. The molecule has 0 unspecified atom stereocenters. The van der Waals surface area contributed by atoms with Gasteiger partial charge in [-0.1, -0.05) is 0 Å². The number of aliphatic imine (C=N–C) groups is 1. The number of hydrogen-bond donors (Lipinski definition) is 1. The molecule has 5 heteroatoms. The molecule has 0 bridgehead atoms. The Bertz CT molecular complexity index is 638. The number of primary amides is 1. The van der Waals surface area contributed by atoms with E-state index in [1.54, 1.807) is 6.08 Å². The molecule has 5 nitrogen and oxygen atoms in total. The van der Waals surface area contributed by atoms with Crippen molar-refractivity contribution in [3.05, 3.63) is 48.1 Å². The molecule has 0 atom stereocenters. The van der Waals surface area contributed by atoms with Gasteiger partial charge in [0.1, 0.15) is 0 Å². The SMILES string of the molecule is CN(C)c1ccc(N=C2C=CC(=O)C(C(N)=O)=C2)cc1. The highest BCUT2D eigenvalue weighted by molar-refractivity contribution is 6.30. The number of carbonyl (C=O) groups excluding carboxylic acids is 2. The number of nitrogens with two attached hydrogens (primary N) is 1. The average Bonchev–Trinajstić information content (AvgIpc) is 2.41. The van der Waals surface area contributed by atoms with Gasteiger partial charge in [-0.05, 0) is 42.5 Å². The number of benzene rings is 1. The molecule has 0 radical (unpaired) electrons. The number of allylic oxidation sites excluding steroid dienone is 3. The minimum Gasteiger partial charge on any atom is -0.378 e. The summed E-state index contributed by atoms with van der Waals surface area (Å²) >= 11 is 0. The summed E-state index contributed by atoms with van der Waals surface area (Å²) in [6.07, 6.45) is 4.27. The summed E-state index contributed by atoms with van der Waals surface area (Å²) in [6, 6.07) is 7.61. The van der Waals surface area contributed by atoms with E-state index in [2.05, 4.69) is 4.99 Å². The number of amides is 1. The second-order valence-electron chi connectivity index (χ2n) is 4.57. The molecule has 0 saturated heterocycles. The maximum atomic E-state index is 11.4. The van der Waals surface area contributed by atoms with Gasteiger partial charge in [-0.2, -0.15) is 0 Å². The predicted octanol–water partition coefficient (Wildman–Crippen LogP) is 1.38. The Kier molecular flexibility index (Phi) is 3.79. The third-order valence-electron chi connectivity index (χ3n) is 2.85.